The summed E-state index contributed by atoms with van der Waals surface area (Å²) in [5.41, 5.74) is 0. The van der Waals surface area contributed by atoms with E-state index in [1.54, 1.807) is 0 Å². The average molecular weight is 265 g/mol. The van der Waals surface area contributed by atoms with Crippen molar-refractivity contribution in [2.45, 2.75) is 46.6 Å². The fourth-order valence-electron chi connectivity index (χ4n) is 1.78. The second kappa shape index (κ2) is 6.96. The molecular formula is C11H23NO4S. The SMILES string of the molecule is CCC(CC)N(CC(C)C)S(=O)(=O)CC(=O)O. The lowest BCUT2D eigenvalue weighted by molar-refractivity contribution is -0.134. The number of nitrogens with zero attached hydrogens (tertiary/aromatic N) is 1. The molecule has 0 aromatic carbocycles. The Bertz CT molecular complexity index is 333. The van der Waals surface area contributed by atoms with Crippen LogP contribution in [0.3, 0.4) is 0 Å². The predicted molar refractivity (Wildman–Crippen MR) is 67.3 cm³/mol. The van der Waals surface area contributed by atoms with Crippen LogP contribution in [0.2, 0.25) is 0 Å². The summed E-state index contributed by atoms with van der Waals surface area (Å²) in [5, 5.41) is 8.65. The average Bonchev–Trinajstić information content (AvgIpc) is 2.15. The molecule has 6 heteroatoms. The van der Waals surface area contributed by atoms with Gasteiger partial charge in [0.25, 0.3) is 0 Å². The van der Waals surface area contributed by atoms with Crippen LogP contribution in [0.4, 0.5) is 0 Å². The molecule has 0 rings (SSSR count). The van der Waals surface area contributed by atoms with Crippen LogP contribution in [0.15, 0.2) is 0 Å². The molecule has 0 bridgehead atoms. The van der Waals surface area contributed by atoms with E-state index in [2.05, 4.69) is 0 Å². The van der Waals surface area contributed by atoms with Gasteiger partial charge in [0, 0.05) is 12.6 Å². The number of rotatable bonds is 8. The summed E-state index contributed by atoms with van der Waals surface area (Å²) >= 11 is 0. The van der Waals surface area contributed by atoms with Crippen LogP contribution in [0, 0.1) is 5.92 Å². The molecule has 0 fully saturated rings. The lowest BCUT2D eigenvalue weighted by Gasteiger charge is -2.30. The number of carboxylic acid groups (broad SMARTS) is 1. The van der Waals surface area contributed by atoms with Crippen molar-refractivity contribution < 1.29 is 18.3 Å². The Balaban J connectivity index is 5.08. The molecule has 0 aromatic heterocycles. The van der Waals surface area contributed by atoms with Crippen LogP contribution in [0.25, 0.3) is 0 Å². The molecule has 0 aliphatic carbocycles. The van der Waals surface area contributed by atoms with E-state index in [-0.39, 0.29) is 12.0 Å². The number of hydrogen-bond acceptors (Lipinski definition) is 3. The topological polar surface area (TPSA) is 74.7 Å². The third-order valence-corrected chi connectivity index (χ3v) is 4.33. The zero-order chi connectivity index (χ0) is 13.6. The summed E-state index contributed by atoms with van der Waals surface area (Å²) < 4.78 is 25.3. The van der Waals surface area contributed by atoms with Crippen molar-refractivity contribution in [3.8, 4) is 0 Å². The minimum Gasteiger partial charge on any atom is -0.480 e. The molecule has 0 aliphatic rings. The van der Waals surface area contributed by atoms with Gasteiger partial charge in [0.15, 0.2) is 5.75 Å². The molecule has 0 heterocycles. The van der Waals surface area contributed by atoms with E-state index in [4.69, 9.17) is 5.11 Å². The molecule has 5 nitrogen and oxygen atoms in total. The van der Waals surface area contributed by atoms with E-state index >= 15 is 0 Å². The van der Waals surface area contributed by atoms with Crippen LogP contribution in [-0.4, -0.2) is 42.1 Å². The Morgan fingerprint density at radius 2 is 1.71 bits per heavy atom. The Hall–Kier alpha value is -0.620. The molecule has 0 saturated heterocycles. The highest BCUT2D eigenvalue weighted by Gasteiger charge is 2.30. The molecule has 0 saturated carbocycles. The van der Waals surface area contributed by atoms with Gasteiger partial charge in [0.1, 0.15) is 0 Å². The van der Waals surface area contributed by atoms with Crippen molar-refractivity contribution >= 4 is 16.0 Å². The van der Waals surface area contributed by atoms with E-state index in [1.165, 1.54) is 4.31 Å². The first-order valence-electron chi connectivity index (χ1n) is 5.95. The monoisotopic (exact) mass is 265 g/mol. The van der Waals surface area contributed by atoms with Crippen molar-refractivity contribution in [2.24, 2.45) is 5.92 Å². The summed E-state index contributed by atoms with van der Waals surface area (Å²) in [7, 11) is -3.71. The molecule has 0 aromatic rings. The number of carbonyl (C=O) groups is 1. The smallest absolute Gasteiger partial charge is 0.320 e. The van der Waals surface area contributed by atoms with Gasteiger partial charge in [-0.25, -0.2) is 8.42 Å². The van der Waals surface area contributed by atoms with E-state index in [0.717, 1.165) is 0 Å². The van der Waals surface area contributed by atoms with Gasteiger partial charge < -0.3 is 5.11 Å². The molecule has 102 valence electrons. The lowest BCUT2D eigenvalue weighted by atomic mass is 10.1. The second-order valence-electron chi connectivity index (χ2n) is 4.58. The third kappa shape index (κ3) is 5.50. The number of sulfonamides is 1. The fraction of sp³-hybridized carbons (Fsp3) is 0.909. The first-order valence-corrected chi connectivity index (χ1v) is 7.56. The van der Waals surface area contributed by atoms with Crippen LogP contribution in [0.5, 0.6) is 0 Å². The minimum absolute atomic E-state index is 0.109. The Kier molecular flexibility index (Phi) is 6.70. The standard InChI is InChI=1S/C11H23NO4S/c1-5-10(6-2)12(7-9(3)4)17(15,16)8-11(13)14/h9-10H,5-8H2,1-4H3,(H,13,14). The lowest BCUT2D eigenvalue weighted by Crippen LogP contribution is -2.44. The van der Waals surface area contributed by atoms with Crippen LogP contribution < -0.4 is 0 Å². The van der Waals surface area contributed by atoms with Crippen LogP contribution >= 0.6 is 0 Å². The van der Waals surface area contributed by atoms with Gasteiger partial charge >= 0.3 is 5.97 Å². The molecule has 17 heavy (non-hydrogen) atoms. The number of hydrogen-bond donors (Lipinski definition) is 1. The van der Waals surface area contributed by atoms with Gasteiger partial charge in [-0.15, -0.1) is 0 Å². The first-order chi connectivity index (χ1) is 7.74. The zero-order valence-electron chi connectivity index (χ0n) is 11.0. The quantitative estimate of drug-likeness (QED) is 0.722. The van der Waals surface area contributed by atoms with Gasteiger partial charge in [-0.05, 0) is 18.8 Å². The number of aliphatic carboxylic acids is 1. The van der Waals surface area contributed by atoms with E-state index < -0.39 is 21.7 Å². The normalized spacial score (nSPS) is 12.6. The summed E-state index contributed by atoms with van der Waals surface area (Å²) in [6.07, 6.45) is 1.39. The van der Waals surface area contributed by atoms with Crippen LogP contribution in [-0.2, 0) is 14.8 Å². The number of carboxylic acids is 1. The summed E-state index contributed by atoms with van der Waals surface area (Å²) in [5.74, 6) is -1.94. The molecule has 0 amide bonds. The van der Waals surface area contributed by atoms with Crippen molar-refractivity contribution in [1.82, 2.24) is 4.31 Å². The van der Waals surface area contributed by atoms with E-state index in [9.17, 15) is 13.2 Å². The first kappa shape index (κ1) is 16.4. The Morgan fingerprint density at radius 1 is 1.24 bits per heavy atom. The third-order valence-electron chi connectivity index (χ3n) is 2.56. The van der Waals surface area contributed by atoms with Crippen LogP contribution in [0.1, 0.15) is 40.5 Å². The van der Waals surface area contributed by atoms with Crippen molar-refractivity contribution in [1.29, 1.82) is 0 Å². The largest absolute Gasteiger partial charge is 0.480 e. The highest BCUT2D eigenvalue weighted by atomic mass is 32.2. The highest BCUT2D eigenvalue weighted by Crippen LogP contribution is 2.16. The Labute approximate surface area is 104 Å². The van der Waals surface area contributed by atoms with Crippen molar-refractivity contribution in [3.63, 3.8) is 0 Å². The molecule has 0 atom stereocenters. The molecule has 0 spiro atoms. The molecule has 0 radical (unpaired) electrons. The molecule has 0 unspecified atom stereocenters. The van der Waals surface area contributed by atoms with Gasteiger partial charge in [-0.2, -0.15) is 4.31 Å². The molecule has 0 aliphatic heterocycles. The second-order valence-corrected chi connectivity index (χ2v) is 6.51. The van der Waals surface area contributed by atoms with Gasteiger partial charge in [0.05, 0.1) is 0 Å². The predicted octanol–water partition coefficient (Wildman–Crippen LogP) is 1.55. The summed E-state index contributed by atoms with van der Waals surface area (Å²) in [4.78, 5) is 10.6. The zero-order valence-corrected chi connectivity index (χ0v) is 11.8. The minimum atomic E-state index is -3.71. The fourth-order valence-corrected chi connectivity index (χ4v) is 3.54. The van der Waals surface area contributed by atoms with Crippen molar-refractivity contribution in [3.05, 3.63) is 0 Å². The van der Waals surface area contributed by atoms with E-state index in [0.29, 0.717) is 19.4 Å². The maximum atomic E-state index is 12.0. The van der Waals surface area contributed by atoms with Gasteiger partial charge in [-0.3, -0.25) is 4.79 Å². The molecule has 1 N–H and O–H groups in total. The van der Waals surface area contributed by atoms with E-state index in [1.807, 2.05) is 27.7 Å². The molecular weight excluding hydrogens is 242 g/mol. The van der Waals surface area contributed by atoms with Crippen molar-refractivity contribution in [2.75, 3.05) is 12.3 Å². The summed E-state index contributed by atoms with van der Waals surface area (Å²) in [6, 6.07) is -0.109. The van der Waals surface area contributed by atoms with Gasteiger partial charge in [0.2, 0.25) is 10.0 Å². The van der Waals surface area contributed by atoms with Gasteiger partial charge in [-0.1, -0.05) is 27.7 Å². The highest BCUT2D eigenvalue weighted by molar-refractivity contribution is 7.89. The Morgan fingerprint density at radius 3 is 2.00 bits per heavy atom. The maximum absolute atomic E-state index is 12.0. The maximum Gasteiger partial charge on any atom is 0.320 e. The summed E-state index contributed by atoms with van der Waals surface area (Å²) in [6.45, 7) is 8.05.